The molecule has 0 fully saturated rings. The van der Waals surface area contributed by atoms with E-state index in [4.69, 9.17) is 4.74 Å². The fourth-order valence-electron chi connectivity index (χ4n) is 2.59. The summed E-state index contributed by atoms with van der Waals surface area (Å²) in [6.45, 7) is 0. The summed E-state index contributed by atoms with van der Waals surface area (Å²) < 4.78 is 5.25. The number of hydrogen-bond acceptors (Lipinski definition) is 2. The molecule has 2 nitrogen and oxygen atoms in total. The van der Waals surface area contributed by atoms with Crippen LogP contribution in [0.2, 0.25) is 0 Å². The van der Waals surface area contributed by atoms with Gasteiger partial charge in [0, 0.05) is 6.42 Å². The Bertz CT molecular complexity index is 790. The van der Waals surface area contributed by atoms with Crippen molar-refractivity contribution in [3.63, 3.8) is 0 Å². The first-order chi connectivity index (χ1) is 10.3. The van der Waals surface area contributed by atoms with Crippen molar-refractivity contribution in [1.82, 2.24) is 0 Å². The van der Waals surface area contributed by atoms with Crippen LogP contribution >= 0.6 is 0 Å². The third kappa shape index (κ3) is 2.65. The molecule has 0 unspecified atom stereocenters. The molecule has 0 aliphatic rings. The van der Waals surface area contributed by atoms with Crippen LogP contribution in [-0.4, -0.2) is 13.4 Å². The third-order valence-electron chi connectivity index (χ3n) is 3.68. The molecular weight excluding hydrogens is 260 g/mol. The number of aldehydes is 1. The molecule has 0 saturated heterocycles. The lowest BCUT2D eigenvalue weighted by atomic mass is 9.96. The molecule has 0 radical (unpaired) electrons. The predicted octanol–water partition coefficient (Wildman–Crippen LogP) is 4.26. The summed E-state index contributed by atoms with van der Waals surface area (Å²) in [4.78, 5) is 10.8. The Morgan fingerprint density at radius 1 is 0.952 bits per heavy atom. The van der Waals surface area contributed by atoms with E-state index in [0.29, 0.717) is 6.42 Å². The van der Waals surface area contributed by atoms with Crippen LogP contribution in [0.15, 0.2) is 60.7 Å². The van der Waals surface area contributed by atoms with Crippen LogP contribution in [0, 0.1) is 0 Å². The number of hydrogen-bond donors (Lipinski definition) is 0. The number of rotatable bonds is 4. The van der Waals surface area contributed by atoms with Crippen molar-refractivity contribution >= 4 is 17.1 Å². The van der Waals surface area contributed by atoms with Crippen LogP contribution in [0.25, 0.3) is 21.9 Å². The first-order valence-electron chi connectivity index (χ1n) is 6.91. The SMILES string of the molecule is COc1ccc2cc(-c3ccccc3CC=O)ccc2c1. The van der Waals surface area contributed by atoms with Gasteiger partial charge >= 0.3 is 0 Å². The highest BCUT2D eigenvalue weighted by Gasteiger charge is 2.05. The van der Waals surface area contributed by atoms with E-state index in [9.17, 15) is 4.79 Å². The molecule has 21 heavy (non-hydrogen) atoms. The highest BCUT2D eigenvalue weighted by atomic mass is 16.5. The standard InChI is InChI=1S/C19H16O2/c1-21-18-9-8-15-12-17(7-6-16(15)13-18)19-5-3-2-4-14(19)10-11-20/h2-9,11-13H,10H2,1H3. The summed E-state index contributed by atoms with van der Waals surface area (Å²) in [7, 11) is 1.67. The molecule has 3 aromatic carbocycles. The minimum absolute atomic E-state index is 0.441. The van der Waals surface area contributed by atoms with Gasteiger partial charge in [-0.15, -0.1) is 0 Å². The molecular formula is C19H16O2. The second kappa shape index (κ2) is 5.80. The minimum atomic E-state index is 0.441. The fourth-order valence-corrected chi connectivity index (χ4v) is 2.59. The Morgan fingerprint density at radius 2 is 1.71 bits per heavy atom. The molecule has 3 rings (SSSR count). The summed E-state index contributed by atoms with van der Waals surface area (Å²) in [6.07, 6.45) is 1.39. The van der Waals surface area contributed by atoms with E-state index in [-0.39, 0.29) is 0 Å². The minimum Gasteiger partial charge on any atom is -0.497 e. The van der Waals surface area contributed by atoms with Crippen molar-refractivity contribution in [2.75, 3.05) is 7.11 Å². The number of fused-ring (bicyclic) bond motifs is 1. The van der Waals surface area contributed by atoms with Crippen LogP contribution in [0.3, 0.4) is 0 Å². The van der Waals surface area contributed by atoms with Crippen molar-refractivity contribution in [3.05, 3.63) is 66.2 Å². The zero-order valence-electron chi connectivity index (χ0n) is 11.9. The Balaban J connectivity index is 2.11. The highest BCUT2D eigenvalue weighted by Crippen LogP contribution is 2.29. The van der Waals surface area contributed by atoms with Crippen molar-refractivity contribution < 1.29 is 9.53 Å². The van der Waals surface area contributed by atoms with E-state index in [1.165, 1.54) is 0 Å². The maximum Gasteiger partial charge on any atom is 0.124 e. The molecule has 2 heteroatoms. The topological polar surface area (TPSA) is 26.3 Å². The normalized spacial score (nSPS) is 10.5. The lowest BCUT2D eigenvalue weighted by Gasteiger charge is -2.09. The molecule has 0 aliphatic carbocycles. The van der Waals surface area contributed by atoms with Crippen LogP contribution in [0.1, 0.15) is 5.56 Å². The zero-order valence-corrected chi connectivity index (χ0v) is 11.9. The van der Waals surface area contributed by atoms with Crippen LogP contribution in [-0.2, 0) is 11.2 Å². The highest BCUT2D eigenvalue weighted by molar-refractivity contribution is 5.89. The van der Waals surface area contributed by atoms with Crippen molar-refractivity contribution in [1.29, 1.82) is 0 Å². The van der Waals surface area contributed by atoms with Gasteiger partial charge in [0.15, 0.2) is 0 Å². The molecule has 0 N–H and O–H groups in total. The van der Waals surface area contributed by atoms with Gasteiger partial charge in [-0.05, 0) is 45.7 Å². The fraction of sp³-hybridized carbons (Fsp3) is 0.105. The van der Waals surface area contributed by atoms with Crippen molar-refractivity contribution in [2.45, 2.75) is 6.42 Å². The Kier molecular flexibility index (Phi) is 3.69. The molecule has 0 aliphatic heterocycles. The van der Waals surface area contributed by atoms with Crippen LogP contribution in [0.4, 0.5) is 0 Å². The maximum absolute atomic E-state index is 10.8. The average molecular weight is 276 g/mol. The molecule has 0 atom stereocenters. The number of ether oxygens (including phenoxy) is 1. The Labute approximate surface area is 124 Å². The summed E-state index contributed by atoms with van der Waals surface area (Å²) in [5.41, 5.74) is 3.30. The molecule has 0 spiro atoms. The lowest BCUT2D eigenvalue weighted by molar-refractivity contribution is -0.107. The number of carbonyl (C=O) groups excluding carboxylic acids is 1. The van der Waals surface area contributed by atoms with E-state index in [2.05, 4.69) is 30.3 Å². The molecule has 0 bridgehead atoms. The van der Waals surface area contributed by atoms with Crippen molar-refractivity contribution in [3.8, 4) is 16.9 Å². The summed E-state index contributed by atoms with van der Waals surface area (Å²) in [6, 6.07) is 20.4. The molecule has 0 saturated carbocycles. The lowest BCUT2D eigenvalue weighted by Crippen LogP contribution is -1.91. The largest absolute Gasteiger partial charge is 0.497 e. The van der Waals surface area contributed by atoms with Gasteiger partial charge in [0.05, 0.1) is 7.11 Å². The predicted molar refractivity (Wildman–Crippen MR) is 85.7 cm³/mol. The quantitative estimate of drug-likeness (QED) is 0.666. The van der Waals surface area contributed by atoms with Gasteiger partial charge in [0.25, 0.3) is 0 Å². The van der Waals surface area contributed by atoms with Gasteiger partial charge in [0.2, 0.25) is 0 Å². The van der Waals surface area contributed by atoms with Gasteiger partial charge < -0.3 is 9.53 Å². The van der Waals surface area contributed by atoms with Crippen LogP contribution < -0.4 is 4.74 Å². The Morgan fingerprint density at radius 3 is 2.52 bits per heavy atom. The number of benzene rings is 3. The average Bonchev–Trinajstić information content (AvgIpc) is 2.55. The Hall–Kier alpha value is -2.61. The van der Waals surface area contributed by atoms with Gasteiger partial charge in [-0.3, -0.25) is 0 Å². The second-order valence-corrected chi connectivity index (χ2v) is 4.96. The number of carbonyl (C=O) groups is 1. The van der Waals surface area contributed by atoms with E-state index < -0.39 is 0 Å². The summed E-state index contributed by atoms with van der Waals surface area (Å²) in [5, 5.41) is 2.31. The molecule has 0 heterocycles. The molecule has 104 valence electrons. The number of methoxy groups -OCH3 is 1. The maximum atomic E-state index is 10.8. The zero-order chi connectivity index (χ0) is 14.7. The monoisotopic (exact) mass is 276 g/mol. The van der Waals surface area contributed by atoms with Gasteiger partial charge in [-0.2, -0.15) is 0 Å². The molecule has 0 aromatic heterocycles. The third-order valence-corrected chi connectivity index (χ3v) is 3.68. The summed E-state index contributed by atoms with van der Waals surface area (Å²) in [5.74, 6) is 0.858. The van der Waals surface area contributed by atoms with E-state index in [0.717, 1.165) is 39.5 Å². The van der Waals surface area contributed by atoms with E-state index in [1.807, 2.05) is 30.3 Å². The van der Waals surface area contributed by atoms with Gasteiger partial charge in [0.1, 0.15) is 12.0 Å². The molecule has 0 amide bonds. The van der Waals surface area contributed by atoms with E-state index >= 15 is 0 Å². The van der Waals surface area contributed by atoms with Crippen LogP contribution in [0.5, 0.6) is 5.75 Å². The van der Waals surface area contributed by atoms with Gasteiger partial charge in [-0.1, -0.05) is 42.5 Å². The first kappa shape index (κ1) is 13.4. The van der Waals surface area contributed by atoms with Crippen molar-refractivity contribution in [2.24, 2.45) is 0 Å². The van der Waals surface area contributed by atoms with E-state index in [1.54, 1.807) is 7.11 Å². The first-order valence-corrected chi connectivity index (χ1v) is 6.91. The smallest absolute Gasteiger partial charge is 0.124 e. The second-order valence-electron chi connectivity index (χ2n) is 4.96. The molecule has 3 aromatic rings. The summed E-state index contributed by atoms with van der Waals surface area (Å²) >= 11 is 0. The van der Waals surface area contributed by atoms with Gasteiger partial charge in [-0.25, -0.2) is 0 Å².